The Labute approximate surface area is 110 Å². The molecule has 0 bridgehead atoms. The smallest absolute Gasteiger partial charge is 0.305 e. The molecule has 0 saturated heterocycles. The average molecular weight is 283 g/mol. The highest BCUT2D eigenvalue weighted by molar-refractivity contribution is 7.93. The summed E-state index contributed by atoms with van der Waals surface area (Å²) in [6.45, 7) is 3.41. The molecule has 19 heavy (non-hydrogen) atoms. The molecule has 1 aliphatic rings. The quantitative estimate of drug-likeness (QED) is 0.838. The lowest BCUT2D eigenvalue weighted by molar-refractivity contribution is -0.138. The number of rotatable bonds is 2. The van der Waals surface area contributed by atoms with E-state index >= 15 is 0 Å². The Hall–Kier alpha value is -1.89. The summed E-state index contributed by atoms with van der Waals surface area (Å²) in [5, 5.41) is 9.63. The van der Waals surface area contributed by atoms with Crippen LogP contribution in [0.4, 0.5) is 5.69 Å². The van der Waals surface area contributed by atoms with Crippen LogP contribution in [0.3, 0.4) is 0 Å². The van der Waals surface area contributed by atoms with E-state index in [1.165, 1.54) is 0 Å². The summed E-state index contributed by atoms with van der Waals surface area (Å²) in [4.78, 5) is 22.5. The van der Waals surface area contributed by atoms with Crippen molar-refractivity contribution >= 4 is 27.4 Å². The molecule has 1 aromatic carbocycles. The number of aliphatic carboxylic acids is 1. The fourth-order valence-corrected chi connectivity index (χ4v) is 4.19. The number of carboxylic acids is 1. The number of fused-ring (bicyclic) bond motifs is 1. The van der Waals surface area contributed by atoms with Crippen LogP contribution in [-0.4, -0.2) is 30.7 Å². The molecule has 1 aliphatic heterocycles. The molecule has 0 fully saturated rings. The monoisotopic (exact) mass is 283 g/mol. The van der Waals surface area contributed by atoms with Crippen LogP contribution in [0.5, 0.6) is 0 Å². The van der Waals surface area contributed by atoms with Gasteiger partial charge in [0.1, 0.15) is 0 Å². The van der Waals surface area contributed by atoms with E-state index < -0.39 is 33.4 Å². The van der Waals surface area contributed by atoms with Crippen molar-refractivity contribution in [2.75, 3.05) is 5.32 Å². The van der Waals surface area contributed by atoms with Gasteiger partial charge in [0.15, 0.2) is 15.1 Å². The van der Waals surface area contributed by atoms with Crippen LogP contribution in [-0.2, 0) is 19.4 Å². The van der Waals surface area contributed by atoms with Gasteiger partial charge in [-0.15, -0.1) is 0 Å². The molecule has 0 aliphatic carbocycles. The van der Waals surface area contributed by atoms with Crippen molar-refractivity contribution in [3.05, 3.63) is 23.3 Å². The minimum Gasteiger partial charge on any atom is -0.481 e. The maximum atomic E-state index is 12.4. The van der Waals surface area contributed by atoms with Gasteiger partial charge < -0.3 is 10.4 Å². The molecular weight excluding hydrogens is 270 g/mol. The first-order valence-electron chi connectivity index (χ1n) is 5.61. The van der Waals surface area contributed by atoms with Gasteiger partial charge in [-0.05, 0) is 31.0 Å². The molecule has 1 aromatic rings. The van der Waals surface area contributed by atoms with Crippen LogP contribution in [0, 0.1) is 13.8 Å². The van der Waals surface area contributed by atoms with E-state index in [0.717, 1.165) is 5.56 Å². The Morgan fingerprint density at radius 1 is 1.37 bits per heavy atom. The van der Waals surface area contributed by atoms with Crippen molar-refractivity contribution in [2.24, 2.45) is 0 Å². The predicted octanol–water partition coefficient (Wildman–Crippen LogP) is 0.873. The number of amides is 1. The molecule has 0 spiro atoms. The fraction of sp³-hybridized carbons (Fsp3) is 0.333. The molecule has 0 aromatic heterocycles. The number of carboxylic acid groups (broad SMARTS) is 1. The van der Waals surface area contributed by atoms with Crippen LogP contribution in [0.1, 0.15) is 17.5 Å². The highest BCUT2D eigenvalue weighted by Gasteiger charge is 2.42. The molecule has 7 heteroatoms. The normalized spacial score (nSPS) is 20.5. The Kier molecular flexibility index (Phi) is 3.09. The highest BCUT2D eigenvalue weighted by Crippen LogP contribution is 2.35. The Morgan fingerprint density at radius 2 is 2.00 bits per heavy atom. The van der Waals surface area contributed by atoms with Crippen molar-refractivity contribution in [3.8, 4) is 0 Å². The van der Waals surface area contributed by atoms with E-state index in [1.807, 2.05) is 0 Å². The topological polar surface area (TPSA) is 101 Å². The molecule has 1 atom stereocenters. The molecule has 2 rings (SSSR count). The minimum absolute atomic E-state index is 0.0175. The van der Waals surface area contributed by atoms with Crippen molar-refractivity contribution in [3.63, 3.8) is 0 Å². The van der Waals surface area contributed by atoms with Gasteiger partial charge in [0.2, 0.25) is 5.91 Å². The number of nitrogens with one attached hydrogen (secondary N) is 1. The van der Waals surface area contributed by atoms with Crippen molar-refractivity contribution < 1.29 is 23.1 Å². The third-order valence-corrected chi connectivity index (χ3v) is 5.23. The summed E-state index contributed by atoms with van der Waals surface area (Å²) < 4.78 is 24.7. The van der Waals surface area contributed by atoms with Gasteiger partial charge in [-0.1, -0.05) is 6.07 Å². The summed E-state index contributed by atoms with van der Waals surface area (Å²) >= 11 is 0. The first-order chi connectivity index (χ1) is 8.73. The zero-order valence-electron chi connectivity index (χ0n) is 10.4. The zero-order valence-corrected chi connectivity index (χ0v) is 11.2. The van der Waals surface area contributed by atoms with Crippen molar-refractivity contribution in [1.82, 2.24) is 0 Å². The number of anilines is 1. The van der Waals surface area contributed by atoms with Gasteiger partial charge in [-0.25, -0.2) is 8.42 Å². The van der Waals surface area contributed by atoms with E-state index in [0.29, 0.717) is 5.56 Å². The second-order valence-electron chi connectivity index (χ2n) is 4.58. The number of hydrogen-bond acceptors (Lipinski definition) is 4. The lowest BCUT2D eigenvalue weighted by Gasteiger charge is -2.25. The molecule has 0 saturated carbocycles. The van der Waals surface area contributed by atoms with Crippen LogP contribution >= 0.6 is 0 Å². The van der Waals surface area contributed by atoms with Gasteiger partial charge in [0, 0.05) is 0 Å². The predicted molar refractivity (Wildman–Crippen MR) is 67.8 cm³/mol. The first kappa shape index (κ1) is 13.5. The fourth-order valence-electron chi connectivity index (χ4n) is 2.28. The summed E-state index contributed by atoms with van der Waals surface area (Å²) in [6, 6.07) is 3.25. The second kappa shape index (κ2) is 4.34. The molecule has 1 heterocycles. The number of benzene rings is 1. The van der Waals surface area contributed by atoms with Crippen molar-refractivity contribution in [2.45, 2.75) is 30.4 Å². The van der Waals surface area contributed by atoms with Crippen LogP contribution in [0.25, 0.3) is 0 Å². The highest BCUT2D eigenvalue weighted by atomic mass is 32.2. The molecular formula is C12H13NO5S. The number of carbonyl (C=O) groups excluding carboxylic acids is 1. The number of sulfone groups is 1. The van der Waals surface area contributed by atoms with Gasteiger partial charge in [0.05, 0.1) is 17.0 Å². The lowest BCUT2D eigenvalue weighted by Crippen LogP contribution is -2.41. The SMILES string of the molecule is Cc1cc(C)c2c(c1)NC(=O)C(CC(=O)O)S2(=O)=O. The molecule has 0 radical (unpaired) electrons. The van der Waals surface area contributed by atoms with E-state index in [2.05, 4.69) is 5.32 Å². The number of hydrogen-bond donors (Lipinski definition) is 2. The summed E-state index contributed by atoms with van der Waals surface area (Å²) in [7, 11) is -3.97. The minimum atomic E-state index is -3.97. The van der Waals surface area contributed by atoms with E-state index in [4.69, 9.17) is 5.11 Å². The maximum Gasteiger partial charge on any atom is 0.305 e. The summed E-state index contributed by atoms with van der Waals surface area (Å²) in [5.74, 6) is -2.11. The number of aryl methyl sites for hydroxylation is 2. The first-order valence-corrected chi connectivity index (χ1v) is 7.16. The standard InChI is InChI=1S/C12H13NO5S/c1-6-3-7(2)11-8(4-6)13-12(16)9(5-10(14)15)19(11,17)18/h3-4,9H,5H2,1-2H3,(H,13,16)(H,14,15). The Morgan fingerprint density at radius 3 is 2.58 bits per heavy atom. The second-order valence-corrected chi connectivity index (χ2v) is 6.65. The van der Waals surface area contributed by atoms with Gasteiger partial charge in [0.25, 0.3) is 0 Å². The van der Waals surface area contributed by atoms with Crippen LogP contribution < -0.4 is 5.32 Å². The third kappa shape index (κ3) is 2.21. The van der Waals surface area contributed by atoms with E-state index in [-0.39, 0.29) is 10.6 Å². The molecule has 6 nitrogen and oxygen atoms in total. The largest absolute Gasteiger partial charge is 0.481 e. The molecule has 1 unspecified atom stereocenters. The number of carbonyl (C=O) groups is 2. The van der Waals surface area contributed by atoms with Gasteiger partial charge in [-0.3, -0.25) is 9.59 Å². The molecule has 2 N–H and O–H groups in total. The zero-order chi connectivity index (χ0) is 14.4. The van der Waals surface area contributed by atoms with Crippen molar-refractivity contribution in [1.29, 1.82) is 0 Å². The average Bonchev–Trinajstić information content (AvgIpc) is 2.21. The summed E-state index contributed by atoms with van der Waals surface area (Å²) in [5.41, 5.74) is 1.55. The van der Waals surface area contributed by atoms with E-state index in [9.17, 15) is 18.0 Å². The van der Waals surface area contributed by atoms with E-state index in [1.54, 1.807) is 26.0 Å². The Balaban J connectivity index is 2.65. The Bertz CT molecular complexity index is 678. The molecule has 1 amide bonds. The van der Waals surface area contributed by atoms with Gasteiger partial charge in [-0.2, -0.15) is 0 Å². The maximum absolute atomic E-state index is 12.4. The molecule has 102 valence electrons. The third-order valence-electron chi connectivity index (χ3n) is 2.99. The van der Waals surface area contributed by atoms with Crippen LogP contribution in [0.2, 0.25) is 0 Å². The van der Waals surface area contributed by atoms with Gasteiger partial charge >= 0.3 is 5.97 Å². The summed E-state index contributed by atoms with van der Waals surface area (Å²) in [6.07, 6.45) is -0.735. The lowest BCUT2D eigenvalue weighted by atomic mass is 10.1. The van der Waals surface area contributed by atoms with Crippen LogP contribution in [0.15, 0.2) is 17.0 Å².